The highest BCUT2D eigenvalue weighted by Crippen LogP contribution is 2.28. The van der Waals surface area contributed by atoms with Crippen LogP contribution in [0, 0.1) is 0 Å². The van der Waals surface area contributed by atoms with Crippen molar-refractivity contribution in [3.63, 3.8) is 0 Å². The second-order valence-corrected chi connectivity index (χ2v) is 5.58. The molecule has 1 aromatic heterocycles. The van der Waals surface area contributed by atoms with Crippen LogP contribution in [-0.2, 0) is 9.59 Å². The van der Waals surface area contributed by atoms with Crippen LogP contribution in [0.1, 0.15) is 11.8 Å². The maximum atomic E-state index is 12.0. The molecule has 1 heterocycles. The molecule has 2 rings (SSSR count). The van der Waals surface area contributed by atoms with Gasteiger partial charge in [-0.25, -0.2) is 5.43 Å². The Balaban J connectivity index is 2.01. The van der Waals surface area contributed by atoms with E-state index >= 15 is 0 Å². The fourth-order valence-electron chi connectivity index (χ4n) is 1.81. The summed E-state index contributed by atoms with van der Waals surface area (Å²) in [5.41, 5.74) is 3.21. The van der Waals surface area contributed by atoms with E-state index < -0.39 is 11.8 Å². The first-order valence-corrected chi connectivity index (χ1v) is 7.84. The Hall–Kier alpha value is -2.87. The smallest absolute Gasteiger partial charge is 0.329 e. The highest BCUT2D eigenvalue weighted by Gasteiger charge is 2.16. The van der Waals surface area contributed by atoms with Crippen molar-refractivity contribution in [2.75, 3.05) is 19.5 Å². The summed E-state index contributed by atoms with van der Waals surface area (Å²) in [7, 11) is 2.98. The number of rotatable bonds is 5. The molecule has 2 amide bonds. The van der Waals surface area contributed by atoms with E-state index in [1.165, 1.54) is 25.6 Å². The third-order valence-electron chi connectivity index (χ3n) is 3.07. The largest absolute Gasteiger partial charge is 0.497 e. The normalized spacial score (nSPS) is 10.9. The molecule has 2 aromatic rings. The van der Waals surface area contributed by atoms with Crippen LogP contribution >= 0.6 is 11.3 Å². The number of thiophene rings is 1. The van der Waals surface area contributed by atoms with Crippen LogP contribution in [0.2, 0.25) is 0 Å². The number of ether oxygens (including phenoxy) is 2. The number of carbonyl (C=O) groups is 2. The molecule has 0 radical (unpaired) electrons. The summed E-state index contributed by atoms with van der Waals surface area (Å²) in [6.45, 7) is 1.75. The molecule has 0 bridgehead atoms. The van der Waals surface area contributed by atoms with E-state index in [0.717, 1.165) is 4.88 Å². The molecule has 24 heavy (non-hydrogen) atoms. The molecular weight excluding hydrogens is 330 g/mol. The van der Waals surface area contributed by atoms with Gasteiger partial charge in [0.2, 0.25) is 0 Å². The fourth-order valence-corrected chi connectivity index (χ4v) is 2.48. The molecule has 0 saturated heterocycles. The standard InChI is InChI=1S/C16H17N3O4S/c1-10(14-5-4-8-24-14)18-19-16(21)15(20)17-12-7-6-11(22-2)9-13(12)23-3/h4-9H,1-3H3,(H,17,20)(H,19,21)/b18-10+. The molecular formula is C16H17N3O4S. The van der Waals surface area contributed by atoms with E-state index in [1.54, 1.807) is 25.1 Å². The van der Waals surface area contributed by atoms with Gasteiger partial charge in [0, 0.05) is 10.9 Å². The molecule has 0 spiro atoms. The molecule has 0 fully saturated rings. The molecule has 126 valence electrons. The minimum atomic E-state index is -0.872. The summed E-state index contributed by atoms with van der Waals surface area (Å²) in [5, 5.41) is 8.29. The minimum Gasteiger partial charge on any atom is -0.497 e. The average molecular weight is 347 g/mol. The molecule has 0 aliphatic rings. The van der Waals surface area contributed by atoms with Crippen LogP contribution in [0.15, 0.2) is 40.8 Å². The quantitative estimate of drug-likeness (QED) is 0.493. The van der Waals surface area contributed by atoms with Crippen molar-refractivity contribution < 1.29 is 19.1 Å². The van der Waals surface area contributed by atoms with Gasteiger partial charge in [-0.3, -0.25) is 9.59 Å². The lowest BCUT2D eigenvalue weighted by molar-refractivity contribution is -0.136. The molecule has 0 saturated carbocycles. The summed E-state index contributed by atoms with van der Waals surface area (Å²) in [4.78, 5) is 24.7. The third-order valence-corrected chi connectivity index (χ3v) is 4.04. The van der Waals surface area contributed by atoms with Gasteiger partial charge in [0.1, 0.15) is 11.5 Å². The van der Waals surface area contributed by atoms with Crippen LogP contribution in [0.4, 0.5) is 5.69 Å². The monoisotopic (exact) mass is 347 g/mol. The maximum Gasteiger partial charge on any atom is 0.329 e. The number of hydrogen-bond donors (Lipinski definition) is 2. The summed E-state index contributed by atoms with van der Waals surface area (Å²) in [6.07, 6.45) is 0. The molecule has 0 aliphatic heterocycles. The lowest BCUT2D eigenvalue weighted by Gasteiger charge is -2.11. The lowest BCUT2D eigenvalue weighted by atomic mass is 10.2. The van der Waals surface area contributed by atoms with Crippen LogP contribution in [0.5, 0.6) is 11.5 Å². The van der Waals surface area contributed by atoms with E-state index in [2.05, 4.69) is 15.8 Å². The number of nitrogens with one attached hydrogen (secondary N) is 2. The van der Waals surface area contributed by atoms with E-state index in [4.69, 9.17) is 9.47 Å². The Labute approximate surface area is 143 Å². The number of methoxy groups -OCH3 is 2. The van der Waals surface area contributed by atoms with Crippen LogP contribution < -0.4 is 20.2 Å². The Morgan fingerprint density at radius 3 is 2.54 bits per heavy atom. The number of anilines is 1. The minimum absolute atomic E-state index is 0.359. The molecule has 2 N–H and O–H groups in total. The van der Waals surface area contributed by atoms with Crippen molar-refractivity contribution in [2.24, 2.45) is 5.10 Å². The van der Waals surface area contributed by atoms with Gasteiger partial charge < -0.3 is 14.8 Å². The van der Waals surface area contributed by atoms with Crippen molar-refractivity contribution in [3.8, 4) is 11.5 Å². The predicted molar refractivity (Wildman–Crippen MR) is 92.8 cm³/mol. The zero-order chi connectivity index (χ0) is 17.5. The van der Waals surface area contributed by atoms with Crippen LogP contribution in [-0.4, -0.2) is 31.7 Å². The first-order valence-electron chi connectivity index (χ1n) is 6.96. The SMILES string of the molecule is COc1ccc(NC(=O)C(=O)N/N=C(\C)c2cccs2)c(OC)c1. The van der Waals surface area contributed by atoms with Gasteiger partial charge in [-0.05, 0) is 30.5 Å². The van der Waals surface area contributed by atoms with Gasteiger partial charge >= 0.3 is 11.8 Å². The first-order chi connectivity index (χ1) is 11.5. The zero-order valence-corrected chi connectivity index (χ0v) is 14.3. The summed E-state index contributed by atoms with van der Waals surface area (Å²) in [6, 6.07) is 8.59. The maximum absolute atomic E-state index is 12.0. The highest BCUT2D eigenvalue weighted by atomic mass is 32.1. The van der Waals surface area contributed by atoms with Crippen LogP contribution in [0.25, 0.3) is 0 Å². The second-order valence-electron chi connectivity index (χ2n) is 4.64. The first kappa shape index (κ1) is 17.5. The number of nitrogens with zero attached hydrogens (tertiary/aromatic N) is 1. The van der Waals surface area contributed by atoms with Gasteiger partial charge in [0.05, 0.1) is 25.6 Å². The van der Waals surface area contributed by atoms with E-state index in [-0.39, 0.29) is 0 Å². The topological polar surface area (TPSA) is 89.0 Å². The average Bonchev–Trinajstić information content (AvgIpc) is 3.14. The van der Waals surface area contributed by atoms with Crippen molar-refractivity contribution >= 4 is 34.6 Å². The van der Waals surface area contributed by atoms with Gasteiger partial charge in [0.25, 0.3) is 0 Å². The molecule has 0 aliphatic carbocycles. The number of hydrogen-bond acceptors (Lipinski definition) is 6. The third kappa shape index (κ3) is 4.32. The molecule has 0 unspecified atom stereocenters. The molecule has 0 atom stereocenters. The van der Waals surface area contributed by atoms with Crippen molar-refractivity contribution in [1.82, 2.24) is 5.43 Å². The van der Waals surface area contributed by atoms with Crippen LogP contribution in [0.3, 0.4) is 0 Å². The second kappa shape index (κ2) is 8.11. The number of carbonyl (C=O) groups excluding carboxylic acids is 2. The van der Waals surface area contributed by atoms with E-state index in [9.17, 15) is 9.59 Å². The Kier molecular flexibility index (Phi) is 5.91. The van der Waals surface area contributed by atoms with Crippen molar-refractivity contribution in [3.05, 3.63) is 40.6 Å². The molecule has 8 heteroatoms. The van der Waals surface area contributed by atoms with Gasteiger partial charge in [-0.2, -0.15) is 5.10 Å². The van der Waals surface area contributed by atoms with Crippen molar-refractivity contribution in [2.45, 2.75) is 6.92 Å². The lowest BCUT2D eigenvalue weighted by Crippen LogP contribution is -2.33. The van der Waals surface area contributed by atoms with Gasteiger partial charge in [-0.15, -0.1) is 11.3 Å². The fraction of sp³-hybridized carbons (Fsp3) is 0.188. The van der Waals surface area contributed by atoms with Gasteiger partial charge in [-0.1, -0.05) is 6.07 Å². The summed E-state index contributed by atoms with van der Waals surface area (Å²) < 4.78 is 10.2. The highest BCUT2D eigenvalue weighted by molar-refractivity contribution is 7.12. The Morgan fingerprint density at radius 2 is 1.92 bits per heavy atom. The molecule has 1 aromatic carbocycles. The summed E-state index contributed by atoms with van der Waals surface area (Å²) >= 11 is 1.49. The Bertz CT molecular complexity index is 757. The van der Waals surface area contributed by atoms with E-state index in [1.807, 2.05) is 17.5 Å². The van der Waals surface area contributed by atoms with Crippen molar-refractivity contribution in [1.29, 1.82) is 0 Å². The Morgan fingerprint density at radius 1 is 1.12 bits per heavy atom. The van der Waals surface area contributed by atoms with E-state index in [0.29, 0.717) is 22.9 Å². The summed E-state index contributed by atoms with van der Waals surface area (Å²) in [5.74, 6) is -0.760. The molecule has 7 nitrogen and oxygen atoms in total. The van der Waals surface area contributed by atoms with Gasteiger partial charge in [0.15, 0.2) is 0 Å². The number of benzene rings is 1. The number of hydrazone groups is 1. The zero-order valence-electron chi connectivity index (χ0n) is 13.5. The number of amides is 2. The predicted octanol–water partition coefficient (Wildman–Crippen LogP) is 2.24.